The van der Waals surface area contributed by atoms with Crippen LogP contribution in [0.3, 0.4) is 0 Å². The van der Waals surface area contributed by atoms with Gasteiger partial charge in [0.2, 0.25) is 5.91 Å². The number of carbonyl (C=O) groups excluding carboxylic acids is 1. The standard InChI is InChI=1S/C17H18N4O3.C14H14N4O4.C14H16N4O2.C7H3ClN2O3.C7H12N2O.C3H7NO2.CH4/c1-10(22)17-20-14-8-19-13-5-7-23-16(13)15(14)21(17)11-2-3-12(4-6-18)24-9-11;15-5-3-10-2-1-9(8-22-10)17-13-12(18(19)20)7-16-11-4-6-21-14(11)13;15-5-3-10-2-1-9(8-20-10)18-13-11(16)7-17-12-4-6-19-14(12)13;8-6-5(10(11)12)3-9-4-1-2-13-7(4)6;8-4-3-7-2-1-6(9)5-10-7;1-2(5)3(4)6;/h5,7-8,10-12,22H,2-4,9H2,1H3;4,6-7,9-10H,1-3,8H2,(H,16,17);4,6-7,9-10H,1-3,8,16H2,(H,17,18);1-3H;6-7H,1-3,5,9H2;2,5H,1H3,(H2,4,6);1H4/t10-,11+,12-;2*9-,10+;;6-,7+;2-;/m100.01./s1. The number of nitrogens with one attached hydrogen (secondary N) is 2. The van der Waals surface area contributed by atoms with Crippen LogP contribution in [0.2, 0.25) is 5.02 Å². The van der Waals surface area contributed by atoms with Crippen molar-refractivity contribution >= 4 is 101 Å². The molecular formula is C63H74ClN17O15. The van der Waals surface area contributed by atoms with Gasteiger partial charge in [0.1, 0.15) is 69.2 Å². The number of rotatable bonds is 13. The summed E-state index contributed by atoms with van der Waals surface area (Å²) in [5, 5.41) is 80.9. The van der Waals surface area contributed by atoms with Gasteiger partial charge in [0.15, 0.2) is 33.0 Å². The van der Waals surface area contributed by atoms with Crippen LogP contribution >= 0.6 is 11.6 Å². The molecule has 9 aromatic heterocycles. The number of carbonyl (C=O) groups is 1. The van der Waals surface area contributed by atoms with E-state index in [1.807, 2.05) is 10.6 Å². The summed E-state index contributed by atoms with van der Waals surface area (Å²) in [6, 6.07) is 15.7. The number of nitrogens with zero attached hydrogens (tertiary/aromatic N) is 12. The second kappa shape index (κ2) is 35.4. The zero-order valence-corrected chi connectivity index (χ0v) is 52.4. The van der Waals surface area contributed by atoms with Crippen LogP contribution in [0, 0.1) is 65.6 Å². The first kappa shape index (κ1) is 73.3. The van der Waals surface area contributed by atoms with Gasteiger partial charge in [-0.05, 0) is 65.2 Å². The lowest BCUT2D eigenvalue weighted by Gasteiger charge is -2.30. The molecule has 10 N–H and O–H groups in total. The van der Waals surface area contributed by atoms with E-state index < -0.39 is 28.0 Å². The molecule has 33 heteroatoms. The molecule has 0 spiro atoms. The summed E-state index contributed by atoms with van der Waals surface area (Å²) in [7, 11) is 0. The van der Waals surface area contributed by atoms with Crippen LogP contribution in [-0.4, -0.2) is 131 Å². The van der Waals surface area contributed by atoms with Gasteiger partial charge in [0.25, 0.3) is 0 Å². The minimum atomic E-state index is -1.01. The summed E-state index contributed by atoms with van der Waals surface area (Å²) in [4.78, 5) is 51.1. The number of aliphatic hydroxyl groups excluding tert-OH is 2. The van der Waals surface area contributed by atoms with Crippen molar-refractivity contribution in [2.75, 3.05) is 42.8 Å². The third-order valence-corrected chi connectivity index (χ3v) is 15.9. The fourth-order valence-corrected chi connectivity index (χ4v) is 10.8. The molecule has 4 aliphatic heterocycles. The number of aliphatic hydroxyl groups is 2. The van der Waals surface area contributed by atoms with Gasteiger partial charge in [-0.15, -0.1) is 0 Å². The Bertz CT molecular complexity index is 4200. The zero-order chi connectivity index (χ0) is 68.1. The zero-order valence-electron chi connectivity index (χ0n) is 51.7. The maximum Gasteiger partial charge on any atom is 0.314 e. The summed E-state index contributed by atoms with van der Waals surface area (Å²) >= 11 is 5.70. The molecule has 32 nitrogen and oxygen atoms in total. The Morgan fingerprint density at radius 2 is 1.04 bits per heavy atom. The average molecular weight is 1340 g/mol. The number of fused-ring (bicyclic) bond motifs is 6. The van der Waals surface area contributed by atoms with Gasteiger partial charge in [0.05, 0.1) is 160 Å². The lowest BCUT2D eigenvalue weighted by molar-refractivity contribution is -0.384. The molecule has 0 radical (unpaired) electrons. The van der Waals surface area contributed by atoms with E-state index in [0.717, 1.165) is 79.8 Å². The van der Waals surface area contributed by atoms with Crippen molar-refractivity contribution < 1.29 is 61.5 Å². The number of ether oxygens (including phenoxy) is 4. The molecular weight excluding hydrogens is 1270 g/mol. The molecule has 13 heterocycles. The number of pyridine rings is 4. The second-order valence-corrected chi connectivity index (χ2v) is 22.8. The quantitative estimate of drug-likeness (QED) is 0.0416. The van der Waals surface area contributed by atoms with E-state index in [-0.39, 0.29) is 78.0 Å². The number of imidazole rings is 1. The predicted octanol–water partition coefficient (Wildman–Crippen LogP) is 10.0. The van der Waals surface area contributed by atoms with E-state index in [9.17, 15) is 30.1 Å². The Labute approximate surface area is 554 Å². The van der Waals surface area contributed by atoms with Crippen LogP contribution in [0.15, 0.2) is 91.8 Å². The van der Waals surface area contributed by atoms with Crippen LogP contribution < -0.4 is 27.8 Å². The molecule has 4 fully saturated rings. The molecule has 10 atom stereocenters. The maximum absolute atomic E-state index is 11.2. The third kappa shape index (κ3) is 19.1. The first-order chi connectivity index (χ1) is 45.8. The number of furan rings is 4. The van der Waals surface area contributed by atoms with Crippen LogP contribution in [0.1, 0.15) is 116 Å². The van der Waals surface area contributed by atoms with E-state index in [4.69, 9.17) is 85.8 Å². The van der Waals surface area contributed by atoms with Crippen molar-refractivity contribution in [2.45, 2.75) is 159 Å². The molecule has 96 heavy (non-hydrogen) atoms. The van der Waals surface area contributed by atoms with Crippen molar-refractivity contribution in [3.05, 3.63) is 105 Å². The van der Waals surface area contributed by atoms with Crippen molar-refractivity contribution in [1.82, 2.24) is 29.5 Å². The van der Waals surface area contributed by atoms with Crippen LogP contribution in [0.25, 0.3) is 55.4 Å². The summed E-state index contributed by atoms with van der Waals surface area (Å²) in [6.07, 6.45) is 18.8. The van der Waals surface area contributed by atoms with Crippen LogP contribution in [0.5, 0.6) is 0 Å². The molecule has 0 unspecified atom stereocenters. The number of halogens is 1. The van der Waals surface area contributed by atoms with Crippen LogP contribution in [0.4, 0.5) is 28.4 Å². The van der Waals surface area contributed by atoms with Gasteiger partial charge in [-0.1, -0.05) is 19.0 Å². The molecule has 0 bridgehead atoms. The summed E-state index contributed by atoms with van der Waals surface area (Å²) < 4.78 is 45.7. The molecule has 0 aliphatic carbocycles. The highest BCUT2D eigenvalue weighted by molar-refractivity contribution is 6.36. The number of hydrogen-bond donors (Lipinski definition) is 7. The highest BCUT2D eigenvalue weighted by atomic mass is 35.5. The first-order valence-corrected chi connectivity index (χ1v) is 30.6. The van der Waals surface area contributed by atoms with E-state index in [1.54, 1.807) is 50.0 Å². The monoisotopic (exact) mass is 1340 g/mol. The minimum Gasteiger partial charge on any atom is -0.461 e. The number of amides is 1. The maximum atomic E-state index is 11.2. The number of nitriles is 4. The number of hydrogen-bond acceptors (Lipinski definition) is 28. The SMILES string of the molecule is C.C[C@@H](O)C(N)=O.C[C@@H](O)c1nc2cnc3ccoc3c2n1[C@H]1CC[C@H](CC#N)OC1.N#CC[C@H]1CC[C@H](N)CO1.N#CC[C@H]1CC[C@H](Nc2c(N)cnc3ccoc23)CO1.N#CC[C@H]1CC[C@H](Nc2c([N+](=O)[O-])cnc3ccoc23)CO1.O=[N+]([O-])c1cnc2ccoc2c1Cl. The Hall–Kier alpha value is -10.1. The largest absolute Gasteiger partial charge is 0.461 e. The predicted molar refractivity (Wildman–Crippen MR) is 349 cm³/mol. The Morgan fingerprint density at radius 3 is 1.49 bits per heavy atom. The number of aromatic nitrogens is 6. The lowest BCUT2D eigenvalue weighted by Crippen LogP contribution is -2.35. The fraction of sp³-hybridized carbons (Fsp3) is 0.460. The van der Waals surface area contributed by atoms with Gasteiger partial charge in [-0.3, -0.25) is 35.0 Å². The van der Waals surface area contributed by atoms with Gasteiger partial charge in [-0.25, -0.2) is 15.0 Å². The number of anilines is 3. The topological polar surface area (TPSA) is 500 Å². The Balaban J connectivity index is 0.000000169. The van der Waals surface area contributed by atoms with E-state index in [1.165, 1.54) is 25.6 Å². The van der Waals surface area contributed by atoms with Crippen molar-refractivity contribution in [3.8, 4) is 24.3 Å². The molecule has 508 valence electrons. The summed E-state index contributed by atoms with van der Waals surface area (Å²) in [6.45, 7) is 5.09. The normalized spacial score (nSPS) is 21.0. The highest BCUT2D eigenvalue weighted by Crippen LogP contribution is 2.37. The molecule has 4 aliphatic rings. The van der Waals surface area contributed by atoms with Crippen molar-refractivity contribution in [1.29, 1.82) is 21.0 Å². The number of nitrogen functional groups attached to an aromatic ring is 1. The third-order valence-electron chi connectivity index (χ3n) is 15.5. The summed E-state index contributed by atoms with van der Waals surface area (Å²) in [5.41, 5.74) is 23.5. The minimum absolute atomic E-state index is 0. The number of primary amides is 1. The molecule has 1 amide bonds. The highest BCUT2D eigenvalue weighted by Gasteiger charge is 2.31. The number of nitrogens with two attached hydrogens (primary N) is 3. The van der Waals surface area contributed by atoms with Crippen molar-refractivity contribution in [3.63, 3.8) is 0 Å². The number of nitro groups is 2. The molecule has 9 aromatic rings. The Morgan fingerprint density at radius 1 is 0.625 bits per heavy atom. The lowest BCUT2D eigenvalue weighted by atomic mass is 10.0. The van der Waals surface area contributed by atoms with Gasteiger partial charge >= 0.3 is 11.4 Å². The average Bonchev–Trinajstić information content (AvgIpc) is 1.59. The smallest absolute Gasteiger partial charge is 0.314 e. The van der Waals surface area contributed by atoms with Crippen LogP contribution in [-0.2, 0) is 23.7 Å². The van der Waals surface area contributed by atoms with E-state index in [2.05, 4.69) is 65.6 Å². The van der Waals surface area contributed by atoms with E-state index in [0.29, 0.717) is 103 Å². The molecule has 4 saturated heterocycles. The van der Waals surface area contributed by atoms with E-state index >= 15 is 0 Å². The second-order valence-electron chi connectivity index (χ2n) is 22.4. The van der Waals surface area contributed by atoms with Crippen molar-refractivity contribution in [2.24, 2.45) is 11.5 Å². The molecule has 0 saturated carbocycles. The van der Waals surface area contributed by atoms with Gasteiger partial charge in [0, 0.05) is 42.4 Å². The molecule has 0 aromatic carbocycles. The summed E-state index contributed by atoms with van der Waals surface area (Å²) in [5.74, 6) is -0.0990. The fourth-order valence-electron chi connectivity index (χ4n) is 10.5. The Kier molecular flexibility index (Phi) is 27.0. The van der Waals surface area contributed by atoms with Gasteiger partial charge in [-0.2, -0.15) is 21.0 Å². The molecule has 13 rings (SSSR count). The first-order valence-electron chi connectivity index (χ1n) is 30.2. The van der Waals surface area contributed by atoms with Gasteiger partial charge < -0.3 is 79.2 Å².